The molecule has 7 unspecified atom stereocenters. The van der Waals surface area contributed by atoms with Gasteiger partial charge >= 0.3 is 5.97 Å². The maximum atomic E-state index is 13.2. The van der Waals surface area contributed by atoms with Gasteiger partial charge in [-0.1, -0.05) is 68.4 Å². The van der Waals surface area contributed by atoms with Crippen molar-refractivity contribution in [2.75, 3.05) is 0 Å². The van der Waals surface area contributed by atoms with Gasteiger partial charge in [0.05, 0.1) is 5.41 Å². The third-order valence-corrected chi connectivity index (χ3v) is 8.57. The number of esters is 1. The van der Waals surface area contributed by atoms with Crippen molar-refractivity contribution >= 4 is 5.97 Å². The van der Waals surface area contributed by atoms with Gasteiger partial charge in [-0.25, -0.2) is 0 Å². The molecule has 0 aromatic heterocycles. The molecule has 2 nitrogen and oxygen atoms in total. The maximum Gasteiger partial charge on any atom is 0.313 e. The van der Waals surface area contributed by atoms with Gasteiger partial charge in [-0.05, 0) is 59.1 Å². The number of ether oxygens (including phenoxy) is 1. The minimum atomic E-state index is -0.180. The molecule has 5 saturated carbocycles. The fourth-order valence-corrected chi connectivity index (χ4v) is 7.31. The van der Waals surface area contributed by atoms with E-state index in [0.29, 0.717) is 24.4 Å². The molecule has 5 aliphatic rings. The van der Waals surface area contributed by atoms with E-state index in [4.69, 9.17) is 4.74 Å². The molecule has 0 amide bonds. The summed E-state index contributed by atoms with van der Waals surface area (Å²) in [5, 5.41) is 0. The van der Waals surface area contributed by atoms with Crippen molar-refractivity contribution in [3.05, 3.63) is 71.3 Å². The van der Waals surface area contributed by atoms with Crippen molar-refractivity contribution in [2.24, 2.45) is 29.1 Å². The van der Waals surface area contributed by atoms with Crippen LogP contribution in [-0.2, 0) is 21.6 Å². The first kappa shape index (κ1) is 15.9. The number of hydrogen-bond donors (Lipinski definition) is 0. The Labute approximate surface area is 160 Å². The van der Waals surface area contributed by atoms with Gasteiger partial charge in [0.15, 0.2) is 0 Å². The van der Waals surface area contributed by atoms with E-state index in [1.54, 1.807) is 0 Å². The van der Waals surface area contributed by atoms with Gasteiger partial charge in [0.1, 0.15) is 6.61 Å². The molecular weight excluding hydrogens is 332 g/mol. The molecule has 0 radical (unpaired) electrons. The molecule has 7 rings (SSSR count). The van der Waals surface area contributed by atoms with E-state index in [1.165, 1.54) is 17.5 Å². The van der Waals surface area contributed by atoms with E-state index < -0.39 is 0 Å². The maximum absolute atomic E-state index is 13.2. The molecule has 5 fully saturated rings. The normalized spacial score (nSPS) is 39.9. The Bertz CT molecular complexity index is 905. The summed E-state index contributed by atoms with van der Waals surface area (Å²) in [4.78, 5) is 13.2. The van der Waals surface area contributed by atoms with Crippen molar-refractivity contribution in [3.63, 3.8) is 0 Å². The molecule has 2 bridgehead atoms. The van der Waals surface area contributed by atoms with Crippen LogP contribution in [0.25, 0.3) is 0 Å². The van der Waals surface area contributed by atoms with Crippen LogP contribution in [0.1, 0.15) is 49.3 Å². The molecule has 27 heavy (non-hydrogen) atoms. The third kappa shape index (κ3) is 1.63. The average Bonchev–Trinajstić information content (AvgIpc) is 3.36. The van der Waals surface area contributed by atoms with E-state index in [1.807, 2.05) is 0 Å². The molecule has 2 aromatic carbocycles. The summed E-state index contributed by atoms with van der Waals surface area (Å²) >= 11 is 0. The number of carbonyl (C=O) groups excluding carboxylic acids is 1. The van der Waals surface area contributed by atoms with Gasteiger partial charge in [0.2, 0.25) is 0 Å². The van der Waals surface area contributed by atoms with E-state index in [9.17, 15) is 4.79 Å². The lowest BCUT2D eigenvalue weighted by molar-refractivity contribution is -0.157. The molecule has 0 heterocycles. The smallest absolute Gasteiger partial charge is 0.313 e. The molecule has 2 heteroatoms. The second-order valence-corrected chi connectivity index (χ2v) is 9.23. The predicted molar refractivity (Wildman–Crippen MR) is 104 cm³/mol. The molecule has 0 spiro atoms. The summed E-state index contributed by atoms with van der Waals surface area (Å²) in [6.07, 6.45) is 2.38. The zero-order valence-corrected chi connectivity index (χ0v) is 16.0. The first-order valence-corrected chi connectivity index (χ1v) is 10.5. The van der Waals surface area contributed by atoms with Gasteiger partial charge in [-0.2, -0.15) is 0 Å². The zero-order valence-electron chi connectivity index (χ0n) is 16.0. The number of benzene rings is 2. The van der Waals surface area contributed by atoms with Gasteiger partial charge in [-0.3, -0.25) is 4.79 Å². The second kappa shape index (κ2) is 5.04. The summed E-state index contributed by atoms with van der Waals surface area (Å²) in [7, 11) is 0. The van der Waals surface area contributed by atoms with E-state index in [0.717, 1.165) is 23.8 Å². The molecule has 7 atom stereocenters. The van der Waals surface area contributed by atoms with Crippen LogP contribution in [-0.4, -0.2) is 5.97 Å². The highest BCUT2D eigenvalue weighted by Gasteiger charge is 3.07. The summed E-state index contributed by atoms with van der Waals surface area (Å²) in [5.74, 6) is 3.34. The zero-order chi connectivity index (χ0) is 18.4. The summed E-state index contributed by atoms with van der Waals surface area (Å²) < 4.78 is 5.91. The molecule has 0 aliphatic heterocycles. The quantitative estimate of drug-likeness (QED) is 0.673. The monoisotopic (exact) mass is 358 g/mol. The first-order valence-electron chi connectivity index (χ1n) is 10.5. The Morgan fingerprint density at radius 2 is 1.81 bits per heavy atom. The van der Waals surface area contributed by atoms with Crippen molar-refractivity contribution in [3.8, 4) is 0 Å². The lowest BCUT2D eigenvalue weighted by atomic mass is 9.68. The summed E-state index contributed by atoms with van der Waals surface area (Å²) in [6.45, 7) is 4.86. The Hall–Kier alpha value is -2.09. The van der Waals surface area contributed by atoms with Crippen LogP contribution in [0, 0.1) is 29.1 Å². The standard InChI is InChI=1S/C25H26O2/c1-3-15(2)17-11-9-16(10-12-17)14-27-23(26)25-20-13-19-21(22(20)25)24(19,25)18-7-5-4-6-8-18/h4-12,15,19-22H,3,13-14H2,1-2H3. The van der Waals surface area contributed by atoms with Crippen LogP contribution in [0.5, 0.6) is 0 Å². The predicted octanol–water partition coefficient (Wildman–Crippen LogP) is 5.08. The Kier molecular flexibility index (Phi) is 2.97. The van der Waals surface area contributed by atoms with E-state index in [2.05, 4.69) is 68.4 Å². The Morgan fingerprint density at radius 1 is 1.07 bits per heavy atom. The molecule has 5 aliphatic carbocycles. The van der Waals surface area contributed by atoms with E-state index in [-0.39, 0.29) is 16.8 Å². The summed E-state index contributed by atoms with van der Waals surface area (Å²) in [5.41, 5.74) is 3.78. The molecule has 138 valence electrons. The fraction of sp³-hybridized carbons (Fsp3) is 0.480. The van der Waals surface area contributed by atoms with Crippen LogP contribution in [0.15, 0.2) is 54.6 Å². The average molecular weight is 358 g/mol. The molecule has 0 N–H and O–H groups in total. The Morgan fingerprint density at radius 3 is 2.44 bits per heavy atom. The largest absolute Gasteiger partial charge is 0.460 e. The Balaban J connectivity index is 1.20. The lowest BCUT2D eigenvalue weighted by Gasteiger charge is -2.35. The van der Waals surface area contributed by atoms with Crippen molar-refractivity contribution < 1.29 is 9.53 Å². The van der Waals surface area contributed by atoms with Crippen molar-refractivity contribution in [2.45, 2.75) is 44.6 Å². The van der Waals surface area contributed by atoms with Crippen LogP contribution in [0.4, 0.5) is 0 Å². The van der Waals surface area contributed by atoms with Gasteiger partial charge in [-0.15, -0.1) is 0 Å². The highest BCUT2D eigenvalue weighted by atomic mass is 16.5. The highest BCUT2D eigenvalue weighted by Crippen LogP contribution is 3.04. The number of hydrogen-bond acceptors (Lipinski definition) is 2. The van der Waals surface area contributed by atoms with Gasteiger partial charge in [0.25, 0.3) is 0 Å². The summed E-state index contributed by atoms with van der Waals surface area (Å²) in [6, 6.07) is 19.3. The van der Waals surface area contributed by atoms with E-state index >= 15 is 0 Å². The highest BCUT2D eigenvalue weighted by molar-refractivity contribution is 5.92. The number of rotatable bonds is 6. The molecule has 2 aromatic rings. The second-order valence-electron chi connectivity index (χ2n) is 9.23. The molecule has 0 saturated heterocycles. The topological polar surface area (TPSA) is 26.3 Å². The van der Waals surface area contributed by atoms with Gasteiger partial charge in [0, 0.05) is 5.41 Å². The van der Waals surface area contributed by atoms with Crippen molar-refractivity contribution in [1.82, 2.24) is 0 Å². The van der Waals surface area contributed by atoms with Crippen LogP contribution >= 0.6 is 0 Å². The lowest BCUT2D eigenvalue weighted by Crippen LogP contribution is -2.42. The van der Waals surface area contributed by atoms with Crippen LogP contribution in [0.2, 0.25) is 0 Å². The minimum Gasteiger partial charge on any atom is -0.460 e. The fourth-order valence-electron chi connectivity index (χ4n) is 7.31. The number of carbonyl (C=O) groups is 1. The van der Waals surface area contributed by atoms with Crippen LogP contribution < -0.4 is 0 Å². The molecular formula is C25H26O2. The van der Waals surface area contributed by atoms with Gasteiger partial charge < -0.3 is 4.74 Å². The first-order chi connectivity index (χ1) is 13.2. The van der Waals surface area contributed by atoms with Crippen molar-refractivity contribution in [1.29, 1.82) is 0 Å². The minimum absolute atomic E-state index is 0.0728. The van der Waals surface area contributed by atoms with Crippen LogP contribution in [0.3, 0.4) is 0 Å². The third-order valence-electron chi connectivity index (χ3n) is 8.57. The SMILES string of the molecule is CCC(C)c1ccc(COC(=O)C23C4CC5C(C42)C53c2ccccc2)cc1.